The number of anilines is 1. The number of pyridine rings is 1. The third-order valence-electron chi connectivity index (χ3n) is 5.80. The molecule has 0 unspecified atom stereocenters. The van der Waals surface area contributed by atoms with Crippen molar-refractivity contribution in [1.82, 2.24) is 20.1 Å². The highest BCUT2D eigenvalue weighted by Crippen LogP contribution is 2.53. The van der Waals surface area contributed by atoms with Crippen LogP contribution in [0, 0.1) is 5.41 Å². The maximum atomic E-state index is 12.8. The molecule has 0 bridgehead atoms. The molecule has 1 atom stereocenters. The number of piperidine rings is 1. The van der Waals surface area contributed by atoms with E-state index in [0.717, 1.165) is 38.1 Å². The van der Waals surface area contributed by atoms with E-state index in [1.165, 1.54) is 20.0 Å². The molecule has 2 aromatic rings. The summed E-state index contributed by atoms with van der Waals surface area (Å²) in [6.07, 6.45) is -0.00371. The molecule has 2 fully saturated rings. The Kier molecular flexibility index (Phi) is 5.07. The minimum atomic E-state index is -4.60. The van der Waals surface area contributed by atoms with Crippen LogP contribution in [0.15, 0.2) is 16.5 Å². The van der Waals surface area contributed by atoms with Gasteiger partial charge in [0.15, 0.2) is 0 Å². The number of nitrogens with zero attached hydrogens (tertiary/aromatic N) is 4. The molecule has 2 aromatic heterocycles. The molecule has 30 heavy (non-hydrogen) atoms. The summed E-state index contributed by atoms with van der Waals surface area (Å²) in [5.74, 6) is -0.408. The van der Waals surface area contributed by atoms with Crippen LogP contribution in [0.25, 0.3) is 11.5 Å². The van der Waals surface area contributed by atoms with E-state index in [4.69, 9.17) is 9.15 Å². The van der Waals surface area contributed by atoms with Crippen LogP contribution in [0.5, 0.6) is 5.88 Å². The molecule has 11 heteroatoms. The van der Waals surface area contributed by atoms with Crippen molar-refractivity contribution < 1.29 is 27.1 Å². The van der Waals surface area contributed by atoms with Crippen LogP contribution in [0.1, 0.15) is 38.3 Å². The van der Waals surface area contributed by atoms with Gasteiger partial charge in [0.05, 0.1) is 7.11 Å². The average molecular weight is 425 g/mol. The molecule has 3 heterocycles. The number of ether oxygens (including phenoxy) is 1. The minimum Gasteiger partial charge on any atom is -0.480 e. The van der Waals surface area contributed by atoms with Crippen molar-refractivity contribution in [1.29, 1.82) is 0 Å². The van der Waals surface area contributed by atoms with E-state index in [2.05, 4.69) is 20.5 Å². The van der Waals surface area contributed by atoms with Gasteiger partial charge in [-0.3, -0.25) is 4.79 Å². The van der Waals surface area contributed by atoms with Gasteiger partial charge in [-0.1, -0.05) is 5.10 Å². The summed E-state index contributed by atoms with van der Waals surface area (Å²) in [6.45, 7) is 3.19. The van der Waals surface area contributed by atoms with Crippen molar-refractivity contribution in [3.8, 4) is 17.3 Å². The zero-order chi connectivity index (χ0) is 21.5. The molecule has 4 rings (SSSR count). The van der Waals surface area contributed by atoms with Crippen LogP contribution in [-0.4, -0.2) is 52.2 Å². The molecule has 1 saturated heterocycles. The van der Waals surface area contributed by atoms with E-state index in [0.29, 0.717) is 5.41 Å². The van der Waals surface area contributed by atoms with Crippen LogP contribution in [0.2, 0.25) is 0 Å². The predicted octanol–water partition coefficient (Wildman–Crippen LogP) is 3.36. The molecule has 1 N–H and O–H groups in total. The molecule has 1 amide bonds. The van der Waals surface area contributed by atoms with E-state index >= 15 is 0 Å². The minimum absolute atomic E-state index is 0.0107. The lowest BCUT2D eigenvalue weighted by Gasteiger charge is -2.33. The van der Waals surface area contributed by atoms with Crippen LogP contribution in [0.4, 0.5) is 19.2 Å². The number of amides is 1. The van der Waals surface area contributed by atoms with Gasteiger partial charge in [-0.05, 0) is 50.2 Å². The van der Waals surface area contributed by atoms with Crippen LogP contribution < -0.4 is 10.1 Å². The van der Waals surface area contributed by atoms with Crippen LogP contribution in [0.3, 0.4) is 0 Å². The summed E-state index contributed by atoms with van der Waals surface area (Å²) >= 11 is 0. The van der Waals surface area contributed by atoms with E-state index in [1.807, 2.05) is 4.90 Å². The topological polar surface area (TPSA) is 93.4 Å². The molecule has 1 saturated carbocycles. The Morgan fingerprint density at radius 2 is 1.93 bits per heavy atom. The Morgan fingerprint density at radius 3 is 2.53 bits per heavy atom. The number of hydrogen-bond donors (Lipinski definition) is 1. The van der Waals surface area contributed by atoms with Crippen molar-refractivity contribution in [3.05, 3.63) is 17.8 Å². The second-order valence-electron chi connectivity index (χ2n) is 7.85. The number of halogens is 3. The molecule has 1 aliphatic carbocycles. The Hall–Kier alpha value is -2.85. The molecule has 162 valence electrons. The SMILES string of the molecule is COc1nc(C(F)(F)F)ccc1-c1nnc(N[C@H](C)C(=O)N2CCC3(CC2)CC3)o1. The first kappa shape index (κ1) is 20.4. The van der Waals surface area contributed by atoms with E-state index in [1.54, 1.807) is 6.92 Å². The Balaban J connectivity index is 1.43. The van der Waals surface area contributed by atoms with Crippen molar-refractivity contribution >= 4 is 11.9 Å². The van der Waals surface area contributed by atoms with Crippen LogP contribution >= 0.6 is 0 Å². The number of methoxy groups -OCH3 is 1. The molecule has 0 aromatic carbocycles. The summed E-state index contributed by atoms with van der Waals surface area (Å²) in [6, 6.07) is 1.37. The maximum Gasteiger partial charge on any atom is 0.433 e. The first-order valence-corrected chi connectivity index (χ1v) is 9.72. The van der Waals surface area contributed by atoms with Gasteiger partial charge in [0.25, 0.3) is 5.89 Å². The number of aromatic nitrogens is 3. The number of hydrogen-bond acceptors (Lipinski definition) is 7. The Labute approximate surface area is 170 Å². The summed E-state index contributed by atoms with van der Waals surface area (Å²) in [7, 11) is 1.20. The fourth-order valence-corrected chi connectivity index (χ4v) is 3.71. The van der Waals surface area contributed by atoms with Gasteiger partial charge in [0.1, 0.15) is 17.3 Å². The fourth-order valence-electron chi connectivity index (χ4n) is 3.71. The molecule has 0 radical (unpaired) electrons. The third-order valence-corrected chi connectivity index (χ3v) is 5.80. The first-order chi connectivity index (χ1) is 14.2. The normalized spacial score (nSPS) is 18.9. The molecule has 1 spiro atoms. The highest BCUT2D eigenvalue weighted by Gasteiger charge is 2.45. The first-order valence-electron chi connectivity index (χ1n) is 9.72. The second kappa shape index (κ2) is 7.44. The lowest BCUT2D eigenvalue weighted by molar-refractivity contribution is -0.141. The highest BCUT2D eigenvalue weighted by atomic mass is 19.4. The van der Waals surface area contributed by atoms with E-state index < -0.39 is 17.9 Å². The van der Waals surface area contributed by atoms with Gasteiger partial charge in [0.2, 0.25) is 11.8 Å². The molecule has 8 nitrogen and oxygen atoms in total. The van der Waals surface area contributed by atoms with Crippen molar-refractivity contribution in [2.24, 2.45) is 5.41 Å². The fraction of sp³-hybridized carbons (Fsp3) is 0.579. The summed E-state index contributed by atoms with van der Waals surface area (Å²) in [4.78, 5) is 18.0. The zero-order valence-corrected chi connectivity index (χ0v) is 16.6. The average Bonchev–Trinajstić information content (AvgIpc) is 3.31. The smallest absolute Gasteiger partial charge is 0.433 e. The number of carbonyl (C=O) groups is 1. The monoisotopic (exact) mass is 425 g/mol. The molecular formula is C19H22F3N5O3. The molecule has 2 aliphatic rings. The van der Waals surface area contributed by atoms with Gasteiger partial charge < -0.3 is 19.4 Å². The molecule has 1 aliphatic heterocycles. The third kappa shape index (κ3) is 4.05. The van der Waals surface area contributed by atoms with Gasteiger partial charge in [-0.15, -0.1) is 5.10 Å². The number of nitrogens with one attached hydrogen (secondary N) is 1. The number of rotatable bonds is 5. The molecular weight excluding hydrogens is 403 g/mol. The summed E-state index contributed by atoms with van der Waals surface area (Å²) in [5, 5.41) is 10.5. The van der Waals surface area contributed by atoms with Gasteiger partial charge >= 0.3 is 12.2 Å². The standard InChI is InChI=1S/C19H22F3N5O3/c1-11(16(28)27-9-7-18(5-6-18)8-10-27)23-17-26-25-15(30-17)12-3-4-13(19(20,21)22)24-14(12)29-2/h3-4,11H,5-10H2,1-2H3,(H,23,26)/t11-/m1/s1. The Morgan fingerprint density at radius 1 is 1.23 bits per heavy atom. The summed E-state index contributed by atoms with van der Waals surface area (Å²) < 4.78 is 49.0. The van der Waals surface area contributed by atoms with Gasteiger partial charge in [-0.25, -0.2) is 4.98 Å². The summed E-state index contributed by atoms with van der Waals surface area (Å²) in [5.41, 5.74) is -0.491. The quantitative estimate of drug-likeness (QED) is 0.785. The van der Waals surface area contributed by atoms with Crippen molar-refractivity contribution in [2.45, 2.75) is 44.8 Å². The maximum absolute atomic E-state index is 12.8. The van der Waals surface area contributed by atoms with Crippen molar-refractivity contribution in [2.75, 3.05) is 25.5 Å². The zero-order valence-electron chi connectivity index (χ0n) is 16.6. The lowest BCUT2D eigenvalue weighted by Crippen LogP contribution is -2.45. The van der Waals surface area contributed by atoms with Crippen LogP contribution in [-0.2, 0) is 11.0 Å². The number of carbonyl (C=O) groups excluding carboxylic acids is 1. The van der Waals surface area contributed by atoms with Crippen molar-refractivity contribution in [3.63, 3.8) is 0 Å². The number of likely N-dealkylation sites (tertiary alicyclic amines) is 1. The van der Waals surface area contributed by atoms with Gasteiger partial charge in [0, 0.05) is 13.1 Å². The number of alkyl halides is 3. The lowest BCUT2D eigenvalue weighted by atomic mass is 9.93. The van der Waals surface area contributed by atoms with E-state index in [-0.39, 0.29) is 29.3 Å². The largest absolute Gasteiger partial charge is 0.480 e. The van der Waals surface area contributed by atoms with E-state index in [9.17, 15) is 18.0 Å². The highest BCUT2D eigenvalue weighted by molar-refractivity contribution is 5.83. The Bertz CT molecular complexity index is 932. The second-order valence-corrected chi connectivity index (χ2v) is 7.85. The predicted molar refractivity (Wildman–Crippen MR) is 99.6 cm³/mol. The van der Waals surface area contributed by atoms with Gasteiger partial charge in [-0.2, -0.15) is 13.2 Å².